The molecule has 6 rings (SSSR count). The van der Waals surface area contributed by atoms with E-state index in [4.69, 9.17) is 0 Å². The van der Waals surface area contributed by atoms with Crippen LogP contribution in [0.4, 0.5) is 13.2 Å². The van der Waals surface area contributed by atoms with Crippen molar-refractivity contribution in [3.63, 3.8) is 0 Å². The Morgan fingerprint density at radius 2 is 1.38 bits per heavy atom. The lowest BCUT2D eigenvalue weighted by Crippen LogP contribution is -2.23. The zero-order chi connectivity index (χ0) is 25.5. The highest BCUT2D eigenvalue weighted by Gasteiger charge is 2.37. The van der Waals surface area contributed by atoms with Crippen LogP contribution in [0, 0.1) is 41.1 Å². The van der Waals surface area contributed by atoms with E-state index in [-0.39, 0.29) is 17.3 Å². The van der Waals surface area contributed by atoms with Crippen molar-refractivity contribution in [1.82, 2.24) is 0 Å². The van der Waals surface area contributed by atoms with Gasteiger partial charge in [-0.15, -0.1) is 6.58 Å². The van der Waals surface area contributed by atoms with Gasteiger partial charge in [0.25, 0.3) is 0 Å². The van der Waals surface area contributed by atoms with E-state index in [1.165, 1.54) is 44.9 Å². The highest BCUT2D eigenvalue weighted by molar-refractivity contribution is 6.03. The summed E-state index contributed by atoms with van der Waals surface area (Å²) >= 11 is 0. The van der Waals surface area contributed by atoms with Crippen molar-refractivity contribution < 1.29 is 13.2 Å². The maximum Gasteiger partial charge on any atom is 0.167 e. The summed E-state index contributed by atoms with van der Waals surface area (Å²) in [4.78, 5) is 0. The van der Waals surface area contributed by atoms with Gasteiger partial charge in [0.05, 0.1) is 0 Å². The zero-order valence-electron chi connectivity index (χ0n) is 22.1. The van der Waals surface area contributed by atoms with Crippen molar-refractivity contribution in [2.75, 3.05) is 0 Å². The third kappa shape index (κ3) is 4.70. The lowest BCUT2D eigenvalue weighted by atomic mass is 9.69. The predicted molar refractivity (Wildman–Crippen MR) is 146 cm³/mol. The third-order valence-corrected chi connectivity index (χ3v) is 10.6. The van der Waals surface area contributed by atoms with Gasteiger partial charge in [0.15, 0.2) is 11.6 Å². The minimum Gasteiger partial charge on any atom is -0.206 e. The van der Waals surface area contributed by atoms with Gasteiger partial charge in [0.2, 0.25) is 0 Å². The smallest absolute Gasteiger partial charge is 0.167 e. The molecule has 3 heteroatoms. The SMILES string of the molecule is C=CC1CCC(CCc2ccc3c(c2F)-c2c-3cc(C3CCC(C4CCCCC4)CC3)c(F)c2F)CC1. The van der Waals surface area contributed by atoms with Gasteiger partial charge in [0.1, 0.15) is 5.82 Å². The second-order valence-corrected chi connectivity index (χ2v) is 12.5. The molecule has 0 spiro atoms. The van der Waals surface area contributed by atoms with Crippen LogP contribution in [-0.4, -0.2) is 0 Å². The van der Waals surface area contributed by atoms with Gasteiger partial charge in [-0.25, -0.2) is 13.2 Å². The molecule has 2 aromatic carbocycles. The first kappa shape index (κ1) is 25.3. The molecule has 0 N–H and O–H groups in total. The summed E-state index contributed by atoms with van der Waals surface area (Å²) in [7, 11) is 0. The van der Waals surface area contributed by atoms with Gasteiger partial charge in [-0.1, -0.05) is 50.3 Å². The fraction of sp³-hybridized carbons (Fsp3) is 0.588. The molecular weight excluding hydrogens is 465 g/mol. The van der Waals surface area contributed by atoms with Crippen LogP contribution >= 0.6 is 0 Å². The Hall–Kier alpha value is -2.03. The van der Waals surface area contributed by atoms with Crippen LogP contribution in [0.5, 0.6) is 0 Å². The highest BCUT2D eigenvalue weighted by atomic mass is 19.2. The monoisotopic (exact) mass is 506 g/mol. The molecular formula is C34H41F3. The van der Waals surface area contributed by atoms with Crippen molar-refractivity contribution >= 4 is 0 Å². The Bertz CT molecular complexity index is 1140. The molecule has 0 aliphatic heterocycles. The number of hydrogen-bond acceptors (Lipinski definition) is 0. The number of allylic oxidation sites excluding steroid dienone is 1. The van der Waals surface area contributed by atoms with Crippen LogP contribution < -0.4 is 0 Å². The van der Waals surface area contributed by atoms with Gasteiger partial charge in [-0.3, -0.25) is 0 Å². The maximum absolute atomic E-state index is 15.5. The van der Waals surface area contributed by atoms with Crippen LogP contribution in [0.3, 0.4) is 0 Å². The van der Waals surface area contributed by atoms with E-state index in [0.29, 0.717) is 40.5 Å². The van der Waals surface area contributed by atoms with Gasteiger partial charge in [0, 0.05) is 11.1 Å². The number of rotatable bonds is 6. The largest absolute Gasteiger partial charge is 0.206 e. The standard InChI is InChI=1S/C34H41F3/c1-2-21-8-10-22(11-9-21)12-13-26-18-19-27-29-20-28(33(36)34(37)31(29)30(27)32(26)35)25-16-14-24(15-17-25)23-6-4-3-5-7-23/h2,18-25H,1,3-17H2. The predicted octanol–water partition coefficient (Wildman–Crippen LogP) is 10.5. The molecule has 3 fully saturated rings. The van der Waals surface area contributed by atoms with Crippen LogP contribution in [-0.2, 0) is 6.42 Å². The summed E-state index contributed by atoms with van der Waals surface area (Å²) in [5.74, 6) is 0.963. The van der Waals surface area contributed by atoms with Gasteiger partial charge in [-0.05, 0) is 122 Å². The molecule has 2 aromatic rings. The lowest BCUT2D eigenvalue weighted by molar-refractivity contribution is 0.185. The molecule has 37 heavy (non-hydrogen) atoms. The second-order valence-electron chi connectivity index (χ2n) is 12.5. The molecule has 0 unspecified atom stereocenters. The molecule has 0 heterocycles. The van der Waals surface area contributed by atoms with Crippen molar-refractivity contribution in [1.29, 1.82) is 0 Å². The van der Waals surface area contributed by atoms with Crippen molar-refractivity contribution in [3.05, 3.63) is 59.4 Å². The lowest BCUT2D eigenvalue weighted by Gasteiger charge is -2.36. The normalized spacial score (nSPS) is 27.8. The first-order valence-electron chi connectivity index (χ1n) is 15.0. The Morgan fingerprint density at radius 1 is 0.703 bits per heavy atom. The molecule has 4 aliphatic rings. The molecule has 0 aromatic heterocycles. The topological polar surface area (TPSA) is 0 Å². The summed E-state index contributed by atoms with van der Waals surface area (Å²) in [6, 6.07) is 5.66. The molecule has 0 atom stereocenters. The molecule has 4 aliphatic carbocycles. The average molecular weight is 507 g/mol. The minimum absolute atomic E-state index is 0.0731. The Labute approximate surface area is 220 Å². The van der Waals surface area contributed by atoms with Crippen LogP contribution in [0.2, 0.25) is 0 Å². The Balaban J connectivity index is 1.15. The fourth-order valence-electron chi connectivity index (χ4n) is 8.20. The van der Waals surface area contributed by atoms with Gasteiger partial charge >= 0.3 is 0 Å². The van der Waals surface area contributed by atoms with E-state index in [0.717, 1.165) is 62.3 Å². The molecule has 0 saturated heterocycles. The quantitative estimate of drug-likeness (QED) is 0.292. The van der Waals surface area contributed by atoms with Crippen LogP contribution in [0.1, 0.15) is 107 Å². The number of hydrogen-bond donors (Lipinski definition) is 0. The summed E-state index contributed by atoms with van der Waals surface area (Å²) in [6.07, 6.45) is 19.2. The number of aryl methyl sites for hydroxylation is 1. The van der Waals surface area contributed by atoms with Crippen LogP contribution in [0.15, 0.2) is 30.9 Å². The van der Waals surface area contributed by atoms with Crippen molar-refractivity contribution in [2.24, 2.45) is 23.7 Å². The summed E-state index contributed by atoms with van der Waals surface area (Å²) in [5, 5.41) is 0. The van der Waals surface area contributed by atoms with E-state index >= 15 is 13.2 Å². The molecule has 0 bridgehead atoms. The molecule has 3 saturated carbocycles. The fourth-order valence-corrected chi connectivity index (χ4v) is 8.20. The third-order valence-electron chi connectivity index (χ3n) is 10.6. The minimum atomic E-state index is -0.840. The summed E-state index contributed by atoms with van der Waals surface area (Å²) in [5.41, 5.74) is 3.07. The van der Waals surface area contributed by atoms with E-state index in [1.54, 1.807) is 0 Å². The van der Waals surface area contributed by atoms with Crippen molar-refractivity contribution in [3.8, 4) is 22.3 Å². The number of benzene rings is 2. The highest BCUT2D eigenvalue weighted by Crippen LogP contribution is 2.53. The van der Waals surface area contributed by atoms with E-state index in [9.17, 15) is 0 Å². The molecule has 198 valence electrons. The van der Waals surface area contributed by atoms with E-state index in [1.807, 2.05) is 18.2 Å². The Kier molecular flexibility index (Phi) is 7.25. The zero-order valence-corrected chi connectivity index (χ0v) is 22.1. The van der Waals surface area contributed by atoms with Crippen molar-refractivity contribution in [2.45, 2.75) is 102 Å². The molecule has 0 nitrogen and oxygen atoms in total. The first-order valence-corrected chi connectivity index (χ1v) is 15.0. The number of halogens is 3. The summed E-state index contributed by atoms with van der Waals surface area (Å²) < 4.78 is 46.3. The first-order chi connectivity index (χ1) is 18.0. The van der Waals surface area contributed by atoms with E-state index in [2.05, 4.69) is 12.7 Å². The molecule has 0 radical (unpaired) electrons. The second kappa shape index (κ2) is 10.6. The van der Waals surface area contributed by atoms with Gasteiger partial charge < -0.3 is 0 Å². The average Bonchev–Trinajstić information content (AvgIpc) is 2.93. The van der Waals surface area contributed by atoms with E-state index < -0.39 is 11.6 Å². The molecule has 0 amide bonds. The van der Waals surface area contributed by atoms with Crippen LogP contribution in [0.25, 0.3) is 22.3 Å². The summed E-state index contributed by atoms with van der Waals surface area (Å²) in [6.45, 7) is 3.92. The number of fused-ring (bicyclic) bond motifs is 4. The Morgan fingerprint density at radius 3 is 2.08 bits per heavy atom. The van der Waals surface area contributed by atoms with Gasteiger partial charge in [-0.2, -0.15) is 0 Å². The maximum atomic E-state index is 15.5.